The van der Waals surface area contributed by atoms with Crippen molar-refractivity contribution < 1.29 is 9.90 Å². The number of thiophene rings is 1. The van der Waals surface area contributed by atoms with Gasteiger partial charge < -0.3 is 10.4 Å². The highest BCUT2D eigenvalue weighted by molar-refractivity contribution is 7.09. The molecule has 0 saturated carbocycles. The van der Waals surface area contributed by atoms with Crippen LogP contribution in [-0.4, -0.2) is 24.2 Å². The fraction of sp³-hybridized carbons (Fsp3) is 0.235. The van der Waals surface area contributed by atoms with Crippen molar-refractivity contribution in [2.24, 2.45) is 0 Å². The minimum Gasteiger partial charge on any atom is -0.384 e. The van der Waals surface area contributed by atoms with Crippen molar-refractivity contribution in [2.75, 3.05) is 13.2 Å². The highest BCUT2D eigenvalue weighted by Gasteiger charge is 2.10. The zero-order valence-electron chi connectivity index (χ0n) is 11.8. The maximum atomic E-state index is 12.2. The summed E-state index contributed by atoms with van der Waals surface area (Å²) in [6, 6.07) is 9.58. The first-order chi connectivity index (χ1) is 10.2. The van der Waals surface area contributed by atoms with E-state index in [2.05, 4.69) is 23.2 Å². The lowest BCUT2D eigenvalue weighted by Crippen LogP contribution is -2.26. The van der Waals surface area contributed by atoms with Crippen LogP contribution in [0.15, 0.2) is 35.7 Å². The third-order valence-corrected chi connectivity index (χ3v) is 3.90. The molecule has 0 fully saturated rings. The van der Waals surface area contributed by atoms with Crippen LogP contribution in [0.1, 0.15) is 26.4 Å². The molecule has 2 rings (SSSR count). The number of carbonyl (C=O) groups excluding carboxylic acids is 1. The van der Waals surface area contributed by atoms with Crippen LogP contribution in [-0.2, 0) is 6.42 Å². The number of hydrogen-bond acceptors (Lipinski definition) is 3. The number of nitrogens with one attached hydrogen (secondary N) is 1. The SMILES string of the molecule is Cc1ccc(C(=O)NCCc2cccs2)c(C#CCO)c1. The lowest BCUT2D eigenvalue weighted by molar-refractivity contribution is 0.0954. The minimum absolute atomic E-state index is 0.131. The number of rotatable bonds is 4. The van der Waals surface area contributed by atoms with Crippen molar-refractivity contribution >= 4 is 17.2 Å². The van der Waals surface area contributed by atoms with Gasteiger partial charge in [0.2, 0.25) is 0 Å². The Morgan fingerprint density at radius 3 is 2.95 bits per heavy atom. The van der Waals surface area contributed by atoms with Gasteiger partial charge in [0.05, 0.1) is 5.56 Å². The third kappa shape index (κ3) is 4.45. The van der Waals surface area contributed by atoms with Gasteiger partial charge in [-0.1, -0.05) is 24.0 Å². The zero-order valence-corrected chi connectivity index (χ0v) is 12.7. The Labute approximate surface area is 128 Å². The van der Waals surface area contributed by atoms with Crippen molar-refractivity contribution in [1.82, 2.24) is 5.32 Å². The van der Waals surface area contributed by atoms with E-state index in [0.29, 0.717) is 17.7 Å². The molecule has 0 aliphatic heterocycles. The van der Waals surface area contributed by atoms with Gasteiger partial charge in [-0.3, -0.25) is 4.79 Å². The molecule has 4 heteroatoms. The first kappa shape index (κ1) is 15.3. The number of aliphatic hydroxyl groups is 1. The van der Waals surface area contributed by atoms with Crippen LogP contribution in [0.4, 0.5) is 0 Å². The number of aliphatic hydroxyl groups excluding tert-OH is 1. The van der Waals surface area contributed by atoms with Crippen molar-refractivity contribution in [1.29, 1.82) is 0 Å². The summed E-state index contributed by atoms with van der Waals surface area (Å²) < 4.78 is 0. The Balaban J connectivity index is 2.04. The van der Waals surface area contributed by atoms with Crippen LogP contribution in [0.25, 0.3) is 0 Å². The average molecular weight is 299 g/mol. The van der Waals surface area contributed by atoms with E-state index in [0.717, 1.165) is 12.0 Å². The van der Waals surface area contributed by atoms with Crippen LogP contribution in [0.3, 0.4) is 0 Å². The van der Waals surface area contributed by atoms with Gasteiger partial charge in [-0.15, -0.1) is 11.3 Å². The van der Waals surface area contributed by atoms with Crippen LogP contribution >= 0.6 is 11.3 Å². The standard InChI is InChI=1S/C17H17NO2S/c1-13-6-7-16(14(12-13)4-2-10-19)17(20)18-9-8-15-5-3-11-21-15/h3,5-7,11-12,19H,8-10H2,1H3,(H,18,20). The van der Waals surface area contributed by atoms with E-state index in [1.807, 2.05) is 30.5 Å². The van der Waals surface area contributed by atoms with Crippen molar-refractivity contribution in [3.63, 3.8) is 0 Å². The van der Waals surface area contributed by atoms with E-state index in [9.17, 15) is 4.79 Å². The van der Waals surface area contributed by atoms with Gasteiger partial charge in [0, 0.05) is 17.0 Å². The lowest BCUT2D eigenvalue weighted by Gasteiger charge is -2.07. The smallest absolute Gasteiger partial charge is 0.252 e. The zero-order chi connectivity index (χ0) is 15.1. The highest BCUT2D eigenvalue weighted by atomic mass is 32.1. The predicted octanol–water partition coefficient (Wildman–Crippen LogP) is 2.37. The Kier molecular flexibility index (Phi) is 5.56. The molecule has 108 valence electrons. The molecule has 0 unspecified atom stereocenters. The molecule has 2 N–H and O–H groups in total. The maximum absolute atomic E-state index is 12.2. The fourth-order valence-corrected chi connectivity index (χ4v) is 2.65. The first-order valence-corrected chi connectivity index (χ1v) is 7.59. The number of carbonyl (C=O) groups is 1. The molecule has 1 heterocycles. The molecule has 2 aromatic rings. The number of benzene rings is 1. The van der Waals surface area contributed by atoms with Gasteiger partial charge in [-0.2, -0.15) is 0 Å². The van der Waals surface area contributed by atoms with Crippen LogP contribution in [0.5, 0.6) is 0 Å². The van der Waals surface area contributed by atoms with E-state index >= 15 is 0 Å². The number of amides is 1. The number of hydrogen-bond donors (Lipinski definition) is 2. The van der Waals surface area contributed by atoms with Crippen molar-refractivity contribution in [3.05, 3.63) is 57.3 Å². The van der Waals surface area contributed by atoms with E-state index in [1.54, 1.807) is 17.4 Å². The molecular formula is C17H17NO2S. The lowest BCUT2D eigenvalue weighted by atomic mass is 10.0. The topological polar surface area (TPSA) is 49.3 Å². The molecule has 1 aromatic heterocycles. The van der Waals surface area contributed by atoms with E-state index < -0.39 is 0 Å². The van der Waals surface area contributed by atoms with Crippen molar-refractivity contribution in [2.45, 2.75) is 13.3 Å². The van der Waals surface area contributed by atoms with Gasteiger partial charge in [0.25, 0.3) is 5.91 Å². The van der Waals surface area contributed by atoms with E-state index in [1.165, 1.54) is 4.88 Å². The Morgan fingerprint density at radius 2 is 2.24 bits per heavy atom. The number of aryl methyl sites for hydroxylation is 1. The monoisotopic (exact) mass is 299 g/mol. The Bertz CT molecular complexity index is 666. The summed E-state index contributed by atoms with van der Waals surface area (Å²) in [5.41, 5.74) is 2.23. The van der Waals surface area contributed by atoms with Crippen LogP contribution in [0, 0.1) is 18.8 Å². The van der Waals surface area contributed by atoms with Gasteiger partial charge in [0.1, 0.15) is 6.61 Å². The van der Waals surface area contributed by atoms with E-state index in [4.69, 9.17) is 5.11 Å². The third-order valence-electron chi connectivity index (χ3n) is 2.96. The molecule has 3 nitrogen and oxygen atoms in total. The second-order valence-electron chi connectivity index (χ2n) is 4.59. The molecule has 1 aromatic carbocycles. The summed E-state index contributed by atoms with van der Waals surface area (Å²) in [5.74, 6) is 5.29. The molecule has 0 aliphatic rings. The van der Waals surface area contributed by atoms with Gasteiger partial charge in [0.15, 0.2) is 0 Å². The summed E-state index contributed by atoms with van der Waals surface area (Å²) >= 11 is 1.69. The molecule has 0 bridgehead atoms. The quantitative estimate of drug-likeness (QED) is 0.852. The molecule has 0 aliphatic carbocycles. The highest BCUT2D eigenvalue weighted by Crippen LogP contribution is 2.11. The normalized spacial score (nSPS) is 9.81. The summed E-state index contributed by atoms with van der Waals surface area (Å²) in [7, 11) is 0. The summed E-state index contributed by atoms with van der Waals surface area (Å²) in [4.78, 5) is 13.5. The molecule has 1 amide bonds. The van der Waals surface area contributed by atoms with Crippen LogP contribution in [0.2, 0.25) is 0 Å². The Morgan fingerprint density at radius 1 is 1.38 bits per heavy atom. The maximum Gasteiger partial charge on any atom is 0.252 e. The molecular weight excluding hydrogens is 282 g/mol. The second-order valence-corrected chi connectivity index (χ2v) is 5.63. The van der Waals surface area contributed by atoms with Gasteiger partial charge in [-0.05, 0) is 42.5 Å². The van der Waals surface area contributed by atoms with Gasteiger partial charge >= 0.3 is 0 Å². The predicted molar refractivity (Wildman–Crippen MR) is 85.5 cm³/mol. The molecule has 21 heavy (non-hydrogen) atoms. The summed E-state index contributed by atoms with van der Waals surface area (Å²) in [5, 5.41) is 13.7. The minimum atomic E-state index is -0.215. The molecule has 0 spiro atoms. The molecule has 0 saturated heterocycles. The average Bonchev–Trinajstić information content (AvgIpc) is 2.98. The molecule has 0 atom stereocenters. The van der Waals surface area contributed by atoms with Crippen LogP contribution < -0.4 is 5.32 Å². The Hall–Kier alpha value is -2.09. The van der Waals surface area contributed by atoms with Crippen molar-refractivity contribution in [3.8, 4) is 11.8 Å². The first-order valence-electron chi connectivity index (χ1n) is 6.71. The molecule has 0 radical (unpaired) electrons. The summed E-state index contributed by atoms with van der Waals surface area (Å²) in [6.45, 7) is 2.33. The summed E-state index contributed by atoms with van der Waals surface area (Å²) in [6.07, 6.45) is 0.826. The largest absolute Gasteiger partial charge is 0.384 e. The fourth-order valence-electron chi connectivity index (χ4n) is 1.94. The van der Waals surface area contributed by atoms with E-state index in [-0.39, 0.29) is 12.5 Å². The second kappa shape index (κ2) is 7.63. The van der Waals surface area contributed by atoms with Gasteiger partial charge in [-0.25, -0.2) is 0 Å².